The molecule has 16 heteroatoms. The van der Waals surface area contributed by atoms with Crippen LogP contribution in [0.3, 0.4) is 0 Å². The van der Waals surface area contributed by atoms with Gasteiger partial charge >= 0.3 is 23.9 Å². The Hall–Kier alpha value is -9.96. The molecule has 0 saturated carbocycles. The van der Waals surface area contributed by atoms with Gasteiger partial charge in [0.05, 0.1) is 0 Å². The standard InChI is InChI=1S/C68H56O16/c69-65(70)53-57-45-29-47-42(26-22-38-15-7-2-8-16-38)49-31-51-44(28-24-40-19-11-4-12-20-40)52-32-50-43(27-23-39-17-9-3-10-18-39)48-30-46(41(45)25-21-37-13-5-1-6-14-37)58(78-33-77-57)54(66(71)72)60(48)80-35-82-62(50)56(68(75)76)64(52)84-36-83-63(51)55(67(73)74)61(49)81-34-79-59(47)53/h1-20,29-32,41-44H,21-28,33-36H2,(H,69,70)(H,71,72)(H,73,74)(H,75,76). The summed E-state index contributed by atoms with van der Waals surface area (Å²) in [4.78, 5) is 57.3. The number of aromatic carboxylic acids is 4. The lowest BCUT2D eigenvalue weighted by molar-refractivity contribution is 0.0648. The van der Waals surface area contributed by atoms with Crippen LogP contribution in [-0.2, 0) is 25.7 Å². The van der Waals surface area contributed by atoms with Crippen molar-refractivity contribution >= 4 is 23.9 Å². The van der Waals surface area contributed by atoms with Crippen LogP contribution < -0.4 is 37.9 Å². The first-order valence-electron chi connectivity index (χ1n) is 28.0. The summed E-state index contributed by atoms with van der Waals surface area (Å²) in [7, 11) is 0. The van der Waals surface area contributed by atoms with Crippen LogP contribution in [0.1, 0.15) is 158 Å². The number of benzene rings is 8. The van der Waals surface area contributed by atoms with Crippen LogP contribution in [-0.4, -0.2) is 71.5 Å². The van der Waals surface area contributed by atoms with Gasteiger partial charge in [-0.05, 0) is 97.9 Å². The Kier molecular flexibility index (Phi) is 14.2. The van der Waals surface area contributed by atoms with Gasteiger partial charge in [0.1, 0.15) is 68.2 Å². The molecule has 1 aliphatic carbocycles. The highest BCUT2D eigenvalue weighted by atomic mass is 16.7. The van der Waals surface area contributed by atoms with E-state index in [2.05, 4.69) is 0 Å². The van der Waals surface area contributed by atoms with Crippen molar-refractivity contribution in [2.75, 3.05) is 27.2 Å². The summed E-state index contributed by atoms with van der Waals surface area (Å²) < 4.78 is 52.0. The quantitative estimate of drug-likeness (QED) is 0.0706. The molecular formula is C68H56O16. The fraction of sp³-hybridized carbons (Fsp3) is 0.235. The monoisotopic (exact) mass is 1130 g/mol. The van der Waals surface area contributed by atoms with Crippen molar-refractivity contribution in [3.05, 3.63) is 235 Å². The lowest BCUT2D eigenvalue weighted by atomic mass is 9.74. The molecule has 13 rings (SSSR count). The van der Waals surface area contributed by atoms with Crippen molar-refractivity contribution in [1.82, 2.24) is 0 Å². The average molecular weight is 1130 g/mol. The number of hydrogen-bond donors (Lipinski definition) is 4. The minimum absolute atomic E-state index is 0.0741. The number of carboxylic acids is 4. The number of aryl methyl sites for hydroxylation is 4. The topological polar surface area (TPSA) is 223 Å². The molecule has 8 bridgehead atoms. The molecule has 4 aliphatic heterocycles. The van der Waals surface area contributed by atoms with Gasteiger partial charge in [-0.15, -0.1) is 0 Å². The Morgan fingerprint density at radius 3 is 0.607 bits per heavy atom. The Bertz CT molecular complexity index is 3270. The highest BCUT2D eigenvalue weighted by molar-refractivity contribution is 6.00. The van der Waals surface area contributed by atoms with Crippen molar-refractivity contribution in [1.29, 1.82) is 0 Å². The van der Waals surface area contributed by atoms with E-state index >= 15 is 0 Å². The second-order valence-electron chi connectivity index (χ2n) is 21.5. The van der Waals surface area contributed by atoms with Gasteiger partial charge in [-0.2, -0.15) is 0 Å². The van der Waals surface area contributed by atoms with E-state index in [-0.39, 0.29) is 93.9 Å². The molecule has 0 radical (unpaired) electrons. The van der Waals surface area contributed by atoms with Crippen molar-refractivity contribution in [2.45, 2.75) is 75.0 Å². The summed E-state index contributed by atoms with van der Waals surface area (Å²) in [5.74, 6) is -9.74. The first-order valence-corrected chi connectivity index (χ1v) is 28.0. The van der Waals surface area contributed by atoms with Crippen LogP contribution in [0, 0.1) is 0 Å². The molecule has 4 heterocycles. The number of hydrogen-bond acceptors (Lipinski definition) is 12. The highest BCUT2D eigenvalue weighted by Crippen LogP contribution is 2.58. The molecule has 0 atom stereocenters. The van der Waals surface area contributed by atoms with Crippen LogP contribution in [0.5, 0.6) is 46.0 Å². The Morgan fingerprint density at radius 2 is 0.452 bits per heavy atom. The van der Waals surface area contributed by atoms with Crippen LogP contribution in [0.25, 0.3) is 0 Å². The van der Waals surface area contributed by atoms with Gasteiger partial charge in [0.15, 0.2) is 0 Å². The average Bonchev–Trinajstić information content (AvgIpc) is 1.09. The van der Waals surface area contributed by atoms with Crippen LogP contribution in [0.4, 0.5) is 0 Å². The van der Waals surface area contributed by atoms with E-state index in [1.165, 1.54) is 0 Å². The maximum absolute atomic E-state index is 14.3. The number of rotatable bonds is 16. The minimum atomic E-state index is -1.40. The van der Waals surface area contributed by atoms with Gasteiger partial charge in [0.2, 0.25) is 27.2 Å². The molecule has 16 nitrogen and oxygen atoms in total. The maximum Gasteiger partial charge on any atom is 0.343 e. The molecule has 0 fully saturated rings. The van der Waals surface area contributed by atoms with Crippen LogP contribution in [0.15, 0.2) is 146 Å². The summed E-state index contributed by atoms with van der Waals surface area (Å²) in [6.07, 6.45) is 2.64. The fourth-order valence-corrected chi connectivity index (χ4v) is 13.2. The molecular weight excluding hydrogens is 1070 g/mol. The maximum atomic E-state index is 14.3. The van der Waals surface area contributed by atoms with Gasteiger partial charge in [-0.1, -0.05) is 121 Å². The third-order valence-corrected chi connectivity index (χ3v) is 16.9. The van der Waals surface area contributed by atoms with E-state index in [0.29, 0.717) is 70.2 Å². The predicted octanol–water partition coefficient (Wildman–Crippen LogP) is 12.8. The van der Waals surface area contributed by atoms with Crippen molar-refractivity contribution in [2.24, 2.45) is 0 Å². The summed E-state index contributed by atoms with van der Waals surface area (Å²) in [6.45, 7) is -2.60. The zero-order valence-corrected chi connectivity index (χ0v) is 45.3. The molecule has 424 valence electrons. The van der Waals surface area contributed by atoms with E-state index in [1.807, 2.05) is 146 Å². The normalized spacial score (nSPS) is 17.4. The van der Waals surface area contributed by atoms with E-state index in [1.54, 1.807) is 0 Å². The molecule has 0 aromatic heterocycles. The number of ether oxygens (including phenoxy) is 8. The Morgan fingerprint density at radius 1 is 0.286 bits per heavy atom. The first-order chi connectivity index (χ1) is 41.0. The predicted molar refractivity (Wildman–Crippen MR) is 305 cm³/mol. The molecule has 0 amide bonds. The summed E-state index contributed by atoms with van der Waals surface area (Å²) in [6, 6.07) is 46.3. The molecule has 0 saturated heterocycles. The van der Waals surface area contributed by atoms with Crippen LogP contribution in [0.2, 0.25) is 0 Å². The lowest BCUT2D eigenvalue weighted by Gasteiger charge is -2.36. The zero-order valence-electron chi connectivity index (χ0n) is 45.3. The van der Waals surface area contributed by atoms with E-state index < -0.39 is 74.7 Å². The van der Waals surface area contributed by atoms with Gasteiger partial charge in [-0.25, -0.2) is 19.2 Å². The van der Waals surface area contributed by atoms with Gasteiger partial charge in [-0.3, -0.25) is 0 Å². The molecule has 0 unspecified atom stereocenters. The first kappa shape index (κ1) is 53.4. The molecule has 84 heavy (non-hydrogen) atoms. The van der Waals surface area contributed by atoms with Gasteiger partial charge in [0.25, 0.3) is 0 Å². The minimum Gasteiger partial charge on any atom is -0.477 e. The third kappa shape index (κ3) is 9.66. The fourth-order valence-electron chi connectivity index (χ4n) is 13.2. The van der Waals surface area contributed by atoms with Crippen molar-refractivity contribution < 1.29 is 77.5 Å². The second kappa shape index (κ2) is 22.4. The lowest BCUT2D eigenvalue weighted by Crippen LogP contribution is -2.27. The van der Waals surface area contributed by atoms with Gasteiger partial charge in [0, 0.05) is 68.2 Å². The van der Waals surface area contributed by atoms with Crippen LogP contribution >= 0.6 is 0 Å². The van der Waals surface area contributed by atoms with Gasteiger partial charge < -0.3 is 58.3 Å². The molecule has 8 aromatic rings. The van der Waals surface area contributed by atoms with E-state index in [0.717, 1.165) is 22.3 Å². The molecule has 4 N–H and O–H groups in total. The van der Waals surface area contributed by atoms with Crippen molar-refractivity contribution in [3.8, 4) is 46.0 Å². The molecule has 5 aliphatic rings. The highest BCUT2D eigenvalue weighted by Gasteiger charge is 2.44. The largest absolute Gasteiger partial charge is 0.477 e. The van der Waals surface area contributed by atoms with Crippen molar-refractivity contribution in [3.63, 3.8) is 0 Å². The van der Waals surface area contributed by atoms with E-state index in [4.69, 9.17) is 37.9 Å². The Labute approximate surface area is 482 Å². The summed E-state index contributed by atoms with van der Waals surface area (Å²) in [5.41, 5.74) is 5.48. The summed E-state index contributed by atoms with van der Waals surface area (Å²) >= 11 is 0. The zero-order chi connectivity index (χ0) is 57.6. The number of carbonyl (C=O) groups is 4. The molecule has 0 spiro atoms. The van der Waals surface area contributed by atoms with E-state index in [9.17, 15) is 39.6 Å². The number of carboxylic acid groups (broad SMARTS) is 4. The SMILES string of the molecule is O=C(O)c1c2c3cc4c1OCOc1c(cc5c(c1C(=O)O)OCOc1c(cc6c(c1C(=O)O)OCOc1c(cc(c(c1C(=O)O)OCO2)C3CCc1ccccc1)C6CCc1ccccc1)C5CCc1ccccc1)C4CCc1ccccc1. The summed E-state index contributed by atoms with van der Waals surface area (Å²) in [5, 5.41) is 46.6. The Balaban J connectivity index is 1.21. The smallest absolute Gasteiger partial charge is 0.343 e. The third-order valence-electron chi connectivity index (χ3n) is 16.9. The second-order valence-corrected chi connectivity index (χ2v) is 21.5. The molecule has 8 aromatic carbocycles.